The first-order valence-electron chi connectivity index (χ1n) is 4.53. The van der Waals surface area contributed by atoms with Gasteiger partial charge in [-0.25, -0.2) is 4.79 Å². The molecule has 1 fully saturated rings. The average Bonchev–Trinajstić information content (AvgIpc) is 2.75. The number of carbonyl (C=O) groups is 1. The molecule has 0 saturated carbocycles. The number of nitrogens with zero attached hydrogens (tertiary/aromatic N) is 2. The number of ether oxygens (including phenoxy) is 1. The van der Waals surface area contributed by atoms with Crippen LogP contribution in [-0.4, -0.2) is 29.2 Å². The summed E-state index contributed by atoms with van der Waals surface area (Å²) in [6.45, 7) is -0.0641. The Morgan fingerprint density at radius 1 is 1.38 bits per heavy atom. The highest BCUT2D eigenvalue weighted by Crippen LogP contribution is 2.32. The Bertz CT molecular complexity index is 477. The summed E-state index contributed by atoms with van der Waals surface area (Å²) in [5.41, 5.74) is 2.79. The summed E-state index contributed by atoms with van der Waals surface area (Å²) in [6.07, 6.45) is 0. The van der Waals surface area contributed by atoms with Gasteiger partial charge in [0, 0.05) is 0 Å². The van der Waals surface area contributed by atoms with Gasteiger partial charge in [0.25, 0.3) is 0 Å². The third kappa shape index (κ3) is 1.85. The van der Waals surface area contributed by atoms with E-state index in [1.807, 2.05) is 0 Å². The largest absolute Gasteiger partial charge is 0.454 e. The van der Waals surface area contributed by atoms with Crippen molar-refractivity contribution in [1.29, 1.82) is 0 Å². The van der Waals surface area contributed by atoms with Crippen molar-refractivity contribution in [2.45, 2.75) is 0 Å². The summed E-state index contributed by atoms with van der Waals surface area (Å²) < 4.78 is 4.42. The van der Waals surface area contributed by atoms with E-state index in [0.717, 1.165) is 0 Å². The quantitative estimate of drug-likeness (QED) is 0.289. The van der Waals surface area contributed by atoms with E-state index in [1.54, 1.807) is 0 Å². The minimum atomic E-state index is -0.657. The van der Waals surface area contributed by atoms with E-state index in [0.29, 0.717) is 0 Å². The molecule has 0 aromatic rings. The molecule has 82 valence electrons. The number of nitrogens with two attached hydrogens (primary N) is 1. The van der Waals surface area contributed by atoms with Crippen molar-refractivity contribution in [2.75, 3.05) is 6.61 Å². The van der Waals surface area contributed by atoms with Gasteiger partial charge in [0.05, 0.1) is 0 Å². The van der Waals surface area contributed by atoms with Gasteiger partial charge in [0.15, 0.2) is 11.4 Å². The van der Waals surface area contributed by atoms with E-state index in [-0.39, 0.29) is 18.0 Å². The van der Waals surface area contributed by atoms with Crippen molar-refractivity contribution in [2.24, 2.45) is 16.1 Å². The van der Waals surface area contributed by atoms with Crippen LogP contribution < -0.4 is 5.84 Å². The highest BCUT2D eigenvalue weighted by atomic mass is 16.5. The summed E-state index contributed by atoms with van der Waals surface area (Å²) in [5.74, 6) is 4.13. The molecular weight excluding hydrogens is 210 g/mol. The highest BCUT2D eigenvalue weighted by Gasteiger charge is 2.28. The van der Waals surface area contributed by atoms with E-state index < -0.39 is 5.97 Å². The molecule has 3 N–H and O–H groups in total. The molecule has 0 aromatic heterocycles. The number of hydrazone groups is 1. The molecule has 0 atom stereocenters. The summed E-state index contributed by atoms with van der Waals surface area (Å²) in [5, 5.41) is 14.0. The van der Waals surface area contributed by atoms with E-state index >= 15 is 0 Å². The lowest BCUT2D eigenvalue weighted by atomic mass is 10.3. The molecule has 0 aromatic carbocycles. The van der Waals surface area contributed by atoms with Crippen LogP contribution in [0.3, 0.4) is 0 Å². The average molecular weight is 219 g/mol. The number of carbonyl (C=O) groups excluding carboxylic acids is 1. The molecule has 6 nitrogen and oxygen atoms in total. The number of oxime groups is 1. The van der Waals surface area contributed by atoms with Crippen LogP contribution >= 0.6 is 0 Å². The van der Waals surface area contributed by atoms with Gasteiger partial charge in [0.1, 0.15) is 6.61 Å². The number of esters is 1. The Balaban J connectivity index is 0.000000134. The first kappa shape index (κ1) is 10.2. The molecule has 0 amide bonds. The van der Waals surface area contributed by atoms with Gasteiger partial charge >= 0.3 is 5.97 Å². The topological polar surface area (TPSA) is 97.3 Å². The van der Waals surface area contributed by atoms with E-state index in [4.69, 9.17) is 11.0 Å². The van der Waals surface area contributed by atoms with E-state index in [9.17, 15) is 4.79 Å². The van der Waals surface area contributed by atoms with Gasteiger partial charge in [-0.15, -0.1) is 0 Å². The SMILES string of the molecule is NN=C1C(=O)OCC1=NO.c1cc2cc-2c1. The summed E-state index contributed by atoms with van der Waals surface area (Å²) >= 11 is 0. The van der Waals surface area contributed by atoms with Crippen LogP contribution in [0.2, 0.25) is 0 Å². The highest BCUT2D eigenvalue weighted by molar-refractivity contribution is 6.68. The fourth-order valence-electron chi connectivity index (χ4n) is 1.27. The zero-order valence-electron chi connectivity index (χ0n) is 8.25. The fourth-order valence-corrected chi connectivity index (χ4v) is 1.27. The smallest absolute Gasteiger partial charge is 0.361 e. The Morgan fingerprint density at radius 3 is 2.38 bits per heavy atom. The summed E-state index contributed by atoms with van der Waals surface area (Å²) in [6, 6.07) is 8.48. The number of benzene rings is 1. The monoisotopic (exact) mass is 219 g/mol. The van der Waals surface area contributed by atoms with E-state index in [1.165, 1.54) is 11.1 Å². The summed E-state index contributed by atoms with van der Waals surface area (Å²) in [7, 11) is 0. The van der Waals surface area contributed by atoms with Gasteiger partial charge in [-0.05, 0) is 17.2 Å². The van der Waals surface area contributed by atoms with E-state index in [2.05, 4.69) is 39.3 Å². The number of fused-ring (bicyclic) bond motifs is 1. The maximum atomic E-state index is 10.5. The van der Waals surface area contributed by atoms with Gasteiger partial charge < -0.3 is 15.8 Å². The Labute approximate surface area is 91.0 Å². The van der Waals surface area contributed by atoms with Crippen molar-refractivity contribution in [1.82, 2.24) is 0 Å². The molecule has 6 heteroatoms. The molecule has 2 aliphatic carbocycles. The van der Waals surface area contributed by atoms with Gasteiger partial charge in [0.2, 0.25) is 0 Å². The zero-order chi connectivity index (χ0) is 11.5. The molecule has 0 bridgehead atoms. The van der Waals surface area contributed by atoms with Crippen LogP contribution in [0.4, 0.5) is 0 Å². The molecule has 0 radical (unpaired) electrons. The normalized spacial score (nSPS) is 20.4. The first-order valence-corrected chi connectivity index (χ1v) is 4.53. The van der Waals surface area contributed by atoms with Crippen molar-refractivity contribution in [3.8, 4) is 11.1 Å². The summed E-state index contributed by atoms with van der Waals surface area (Å²) in [4.78, 5) is 10.5. The van der Waals surface area contributed by atoms with Crippen LogP contribution in [0, 0.1) is 0 Å². The maximum Gasteiger partial charge on any atom is 0.361 e. The molecule has 0 unspecified atom stereocenters. The molecule has 1 aliphatic heterocycles. The Kier molecular flexibility index (Phi) is 2.55. The molecular formula is C10H9N3O3. The molecule has 1 saturated heterocycles. The molecule has 3 aliphatic rings. The first-order chi connectivity index (χ1) is 7.76. The van der Waals surface area contributed by atoms with Crippen molar-refractivity contribution in [3.05, 3.63) is 24.3 Å². The number of hydrogen-bond acceptors (Lipinski definition) is 6. The lowest BCUT2D eigenvalue weighted by Crippen LogP contribution is -2.16. The Morgan fingerprint density at radius 2 is 2.06 bits per heavy atom. The fraction of sp³-hybridized carbons (Fsp3) is 0.100. The minimum Gasteiger partial charge on any atom is -0.454 e. The number of cyclic esters (lactones) is 1. The molecule has 1 heterocycles. The second-order valence-electron chi connectivity index (χ2n) is 3.18. The zero-order valence-corrected chi connectivity index (χ0v) is 8.25. The Hall–Kier alpha value is -2.37. The lowest BCUT2D eigenvalue weighted by molar-refractivity contribution is -0.132. The number of hydrogen-bond donors (Lipinski definition) is 2. The third-order valence-electron chi connectivity index (χ3n) is 2.17. The second-order valence-corrected chi connectivity index (χ2v) is 3.18. The lowest BCUT2D eigenvalue weighted by Gasteiger charge is -1.84. The third-order valence-corrected chi connectivity index (χ3v) is 2.17. The van der Waals surface area contributed by atoms with Crippen LogP contribution in [0.5, 0.6) is 0 Å². The van der Waals surface area contributed by atoms with Crippen molar-refractivity contribution in [3.63, 3.8) is 0 Å². The minimum absolute atomic E-state index is 0.0625. The number of rotatable bonds is 0. The van der Waals surface area contributed by atoms with Crippen LogP contribution in [0.25, 0.3) is 11.1 Å². The predicted octanol–water partition coefficient (Wildman–Crippen LogP) is 0.355. The van der Waals surface area contributed by atoms with Gasteiger partial charge in [-0.2, -0.15) is 5.10 Å². The van der Waals surface area contributed by atoms with Crippen LogP contribution in [0.15, 0.2) is 34.5 Å². The van der Waals surface area contributed by atoms with Crippen LogP contribution in [0.1, 0.15) is 0 Å². The van der Waals surface area contributed by atoms with Crippen LogP contribution in [-0.2, 0) is 9.53 Å². The second kappa shape index (κ2) is 4.01. The molecule has 3 rings (SSSR count). The molecule has 16 heavy (non-hydrogen) atoms. The van der Waals surface area contributed by atoms with Crippen molar-refractivity contribution >= 4 is 17.4 Å². The predicted molar refractivity (Wildman–Crippen MR) is 57.2 cm³/mol. The van der Waals surface area contributed by atoms with Gasteiger partial charge in [-0.3, -0.25) is 0 Å². The standard InChI is InChI=1S/C6H4.C4H5N3O3/c1-2-5-4-6(5)3-1;5-6-3-2(7-9)1-10-4(3)8/h1-4H;9H,1,5H2. The van der Waals surface area contributed by atoms with Crippen molar-refractivity contribution < 1.29 is 14.7 Å². The van der Waals surface area contributed by atoms with Gasteiger partial charge in [-0.1, -0.05) is 23.4 Å². The maximum absolute atomic E-state index is 10.5. The molecule has 0 spiro atoms.